The smallest absolute Gasteiger partial charge is 0.195 e. The van der Waals surface area contributed by atoms with Crippen molar-refractivity contribution in [2.24, 2.45) is 0 Å². The molecule has 2 aromatic carbocycles. The lowest BCUT2D eigenvalue weighted by molar-refractivity contribution is -0.903. The van der Waals surface area contributed by atoms with E-state index in [2.05, 4.69) is 26.2 Å². The summed E-state index contributed by atoms with van der Waals surface area (Å²) in [6, 6.07) is 14.0. The van der Waals surface area contributed by atoms with Crippen molar-refractivity contribution in [2.45, 2.75) is 13.0 Å². The van der Waals surface area contributed by atoms with Crippen molar-refractivity contribution >= 4 is 31.5 Å². The fraction of sp³-hybridized carbons (Fsp3) is 0.316. The lowest BCUT2D eigenvalue weighted by Crippen LogP contribution is -2.39. The Morgan fingerprint density at radius 2 is 1.78 bits per heavy atom. The average Bonchev–Trinajstić information content (AvgIpc) is 2.54. The van der Waals surface area contributed by atoms with Gasteiger partial charge in [-0.3, -0.25) is 4.79 Å². The van der Waals surface area contributed by atoms with E-state index in [1.54, 1.807) is 11.3 Å². The van der Waals surface area contributed by atoms with Gasteiger partial charge in [-0.25, -0.2) is 0 Å². The third-order valence-electron chi connectivity index (χ3n) is 4.17. The maximum absolute atomic E-state index is 12.7. The zero-order chi connectivity index (χ0) is 16.4. The van der Waals surface area contributed by atoms with Gasteiger partial charge in [-0.2, -0.15) is 0 Å². The first kappa shape index (κ1) is 16.1. The van der Waals surface area contributed by atoms with Gasteiger partial charge in [-0.05, 0) is 24.3 Å². The Labute approximate surface area is 140 Å². The van der Waals surface area contributed by atoms with Crippen molar-refractivity contribution < 1.29 is 9.59 Å². The van der Waals surface area contributed by atoms with Crippen LogP contribution in [0.1, 0.15) is 12.0 Å². The molecule has 1 heterocycles. The van der Waals surface area contributed by atoms with Crippen LogP contribution in [-0.2, 0) is 6.54 Å². The molecule has 0 bridgehead atoms. The predicted octanol–water partition coefficient (Wildman–Crippen LogP) is 3.37. The minimum atomic E-state index is 0.122. The number of hydrogen-bond acceptors (Lipinski definition) is 3. The van der Waals surface area contributed by atoms with Crippen LogP contribution in [0.4, 0.5) is 0 Å². The number of nitrogens with zero attached hydrogens (tertiary/aromatic N) is 1. The van der Waals surface area contributed by atoms with E-state index in [9.17, 15) is 4.79 Å². The zero-order valence-corrected chi connectivity index (χ0v) is 14.4. The number of hydrogen-bond donors (Lipinski definition) is 1. The van der Waals surface area contributed by atoms with E-state index >= 15 is 0 Å². The molecule has 0 fully saturated rings. The van der Waals surface area contributed by atoms with Crippen LogP contribution >= 0.6 is 11.3 Å². The lowest BCUT2D eigenvalue weighted by atomic mass is 10.1. The summed E-state index contributed by atoms with van der Waals surface area (Å²) in [4.78, 5) is 12.7. The number of rotatable bonds is 5. The van der Waals surface area contributed by atoms with Crippen LogP contribution < -0.4 is 5.43 Å². The standard InChI is InChI=1S/C19H22NO2S/c1-20(2,10-5-11-21)13-14-8-9-18-16(12-14)19(22)15-6-3-4-7-17(15)23-18/h3-4,6-9,12,21H,5,10-11,13H2,1-2H3/q+1. The first-order chi connectivity index (χ1) is 11.0. The SMILES string of the molecule is C[N+](C)(CCCO)Cc1ccc2sc3ccccc3c(=O)c2c1. The fourth-order valence-corrected chi connectivity index (χ4v) is 4.07. The molecule has 0 radical (unpaired) electrons. The molecule has 0 aliphatic carbocycles. The molecule has 23 heavy (non-hydrogen) atoms. The molecule has 0 unspecified atom stereocenters. The summed E-state index contributed by atoms with van der Waals surface area (Å²) in [5, 5.41) is 10.6. The Kier molecular flexibility index (Phi) is 4.48. The topological polar surface area (TPSA) is 37.3 Å². The van der Waals surface area contributed by atoms with Crippen LogP contribution in [0.3, 0.4) is 0 Å². The summed E-state index contributed by atoms with van der Waals surface area (Å²) in [5.41, 5.74) is 1.29. The second-order valence-corrected chi connectivity index (χ2v) is 7.74. The summed E-state index contributed by atoms with van der Waals surface area (Å²) in [6.07, 6.45) is 0.792. The van der Waals surface area contributed by atoms with Crippen molar-refractivity contribution in [3.8, 4) is 0 Å². The normalized spacial score (nSPS) is 12.1. The Hall–Kier alpha value is -1.75. The molecule has 1 aromatic heterocycles. The first-order valence-electron chi connectivity index (χ1n) is 7.87. The van der Waals surface area contributed by atoms with E-state index in [-0.39, 0.29) is 12.0 Å². The van der Waals surface area contributed by atoms with Crippen LogP contribution in [0.5, 0.6) is 0 Å². The van der Waals surface area contributed by atoms with Crippen LogP contribution in [0, 0.1) is 0 Å². The highest BCUT2D eigenvalue weighted by Crippen LogP contribution is 2.25. The molecule has 0 saturated heterocycles. The number of fused-ring (bicyclic) bond motifs is 2. The number of aliphatic hydroxyl groups is 1. The van der Waals surface area contributed by atoms with Crippen molar-refractivity contribution in [3.05, 3.63) is 58.3 Å². The van der Waals surface area contributed by atoms with Crippen LogP contribution in [0.25, 0.3) is 20.2 Å². The van der Waals surface area contributed by atoms with Crippen LogP contribution in [-0.4, -0.2) is 36.8 Å². The summed E-state index contributed by atoms with van der Waals surface area (Å²) in [5.74, 6) is 0. The fourth-order valence-electron chi connectivity index (χ4n) is 3.02. The lowest BCUT2D eigenvalue weighted by Gasteiger charge is -2.29. The summed E-state index contributed by atoms with van der Waals surface area (Å²) >= 11 is 1.67. The Morgan fingerprint density at radius 3 is 2.57 bits per heavy atom. The summed E-state index contributed by atoms with van der Waals surface area (Å²) in [7, 11) is 4.31. The molecular formula is C19H22NO2S+. The molecule has 0 spiro atoms. The highest BCUT2D eigenvalue weighted by atomic mass is 32.1. The maximum atomic E-state index is 12.7. The molecule has 0 atom stereocenters. The number of quaternary nitrogens is 1. The largest absolute Gasteiger partial charge is 0.396 e. The number of benzene rings is 2. The molecule has 3 rings (SSSR count). The van der Waals surface area contributed by atoms with Crippen LogP contribution in [0.2, 0.25) is 0 Å². The average molecular weight is 328 g/mol. The van der Waals surface area contributed by atoms with E-state index < -0.39 is 0 Å². The quantitative estimate of drug-likeness (QED) is 0.576. The van der Waals surface area contributed by atoms with E-state index in [0.717, 1.165) is 44.2 Å². The van der Waals surface area contributed by atoms with Gasteiger partial charge in [0, 0.05) is 38.8 Å². The van der Waals surface area contributed by atoms with Gasteiger partial charge in [0.25, 0.3) is 0 Å². The third kappa shape index (κ3) is 3.44. The van der Waals surface area contributed by atoms with Crippen molar-refractivity contribution in [1.29, 1.82) is 0 Å². The van der Waals surface area contributed by atoms with Crippen molar-refractivity contribution in [2.75, 3.05) is 27.2 Å². The highest BCUT2D eigenvalue weighted by molar-refractivity contribution is 7.24. The molecular weight excluding hydrogens is 306 g/mol. The Balaban J connectivity index is 2.03. The molecule has 0 aliphatic heterocycles. The number of aliphatic hydroxyl groups excluding tert-OH is 1. The van der Waals surface area contributed by atoms with Gasteiger partial charge in [0.2, 0.25) is 0 Å². The van der Waals surface area contributed by atoms with Gasteiger partial charge in [-0.1, -0.05) is 18.2 Å². The van der Waals surface area contributed by atoms with Gasteiger partial charge in [0.05, 0.1) is 20.6 Å². The maximum Gasteiger partial charge on any atom is 0.195 e. The molecule has 3 aromatic rings. The zero-order valence-electron chi connectivity index (χ0n) is 13.6. The van der Waals surface area contributed by atoms with Crippen molar-refractivity contribution in [3.63, 3.8) is 0 Å². The Bertz CT molecular complexity index is 899. The Morgan fingerprint density at radius 1 is 1.04 bits per heavy atom. The monoisotopic (exact) mass is 328 g/mol. The van der Waals surface area contributed by atoms with Gasteiger partial charge in [0.15, 0.2) is 5.43 Å². The molecule has 0 amide bonds. The van der Waals surface area contributed by atoms with E-state index in [0.29, 0.717) is 0 Å². The minimum absolute atomic E-state index is 0.122. The highest BCUT2D eigenvalue weighted by Gasteiger charge is 2.16. The van der Waals surface area contributed by atoms with Gasteiger partial charge < -0.3 is 9.59 Å². The second-order valence-electron chi connectivity index (χ2n) is 6.65. The summed E-state index contributed by atoms with van der Waals surface area (Å²) < 4.78 is 2.88. The van der Waals surface area contributed by atoms with E-state index in [1.165, 1.54) is 5.56 Å². The molecule has 4 heteroatoms. The van der Waals surface area contributed by atoms with Crippen molar-refractivity contribution in [1.82, 2.24) is 0 Å². The molecule has 120 valence electrons. The minimum Gasteiger partial charge on any atom is -0.396 e. The molecule has 3 nitrogen and oxygen atoms in total. The molecule has 0 saturated carbocycles. The predicted molar refractivity (Wildman–Crippen MR) is 98.0 cm³/mol. The van der Waals surface area contributed by atoms with Gasteiger partial charge in [-0.15, -0.1) is 11.3 Å². The van der Waals surface area contributed by atoms with E-state index in [1.807, 2.05) is 30.3 Å². The molecule has 0 aliphatic rings. The third-order valence-corrected chi connectivity index (χ3v) is 5.32. The second kappa shape index (κ2) is 6.40. The van der Waals surface area contributed by atoms with Gasteiger partial charge >= 0.3 is 0 Å². The summed E-state index contributed by atoms with van der Waals surface area (Å²) in [6.45, 7) is 1.99. The van der Waals surface area contributed by atoms with Crippen LogP contribution in [0.15, 0.2) is 47.3 Å². The first-order valence-corrected chi connectivity index (χ1v) is 8.69. The molecule has 1 N–H and O–H groups in total. The van der Waals surface area contributed by atoms with E-state index in [4.69, 9.17) is 5.11 Å². The van der Waals surface area contributed by atoms with Gasteiger partial charge in [0.1, 0.15) is 6.54 Å².